The third-order valence-electron chi connectivity index (χ3n) is 4.37. The van der Waals surface area contributed by atoms with E-state index in [1.54, 1.807) is 12.3 Å². The molecule has 0 fully saturated rings. The maximum absolute atomic E-state index is 13.6. The minimum atomic E-state index is -0.263. The summed E-state index contributed by atoms with van der Waals surface area (Å²) < 4.78 is 18.8. The molecule has 0 amide bonds. The van der Waals surface area contributed by atoms with E-state index in [9.17, 15) is 4.39 Å². The minimum absolute atomic E-state index is 0.263. The highest BCUT2D eigenvalue weighted by molar-refractivity contribution is 9.10. The fourth-order valence-electron chi connectivity index (χ4n) is 3.23. The average molecular weight is 413 g/mol. The van der Waals surface area contributed by atoms with Crippen LogP contribution in [0.25, 0.3) is 17.0 Å². The maximum Gasteiger partial charge on any atom is 0.140 e. The van der Waals surface area contributed by atoms with Gasteiger partial charge in [-0.15, -0.1) is 0 Å². The van der Waals surface area contributed by atoms with Gasteiger partial charge in [0.1, 0.15) is 17.3 Å². The van der Waals surface area contributed by atoms with Crippen molar-refractivity contribution >= 4 is 21.6 Å². The van der Waals surface area contributed by atoms with E-state index >= 15 is 0 Å². The van der Waals surface area contributed by atoms with Crippen LogP contribution in [0.4, 0.5) is 4.39 Å². The van der Waals surface area contributed by atoms with Crippen LogP contribution >= 0.6 is 15.9 Å². The van der Waals surface area contributed by atoms with Gasteiger partial charge >= 0.3 is 0 Å². The lowest BCUT2D eigenvalue weighted by atomic mass is 10.2. The molecule has 0 saturated heterocycles. The largest absolute Gasteiger partial charge is 0.325 e. The van der Waals surface area contributed by atoms with Crippen LogP contribution in [0.2, 0.25) is 0 Å². The first kappa shape index (κ1) is 17.0. The highest BCUT2D eigenvalue weighted by atomic mass is 79.9. The van der Waals surface area contributed by atoms with Crippen molar-refractivity contribution in [3.8, 4) is 11.4 Å². The quantitative estimate of drug-likeness (QED) is 0.456. The third kappa shape index (κ3) is 3.17. The summed E-state index contributed by atoms with van der Waals surface area (Å²) in [7, 11) is 0. The topological polar surface area (TPSA) is 35.1 Å². The number of hydrogen-bond acceptors (Lipinski definition) is 2. The second kappa shape index (κ2) is 7.03. The molecule has 132 valence electrons. The number of halogens is 2. The average Bonchev–Trinajstić information content (AvgIpc) is 3.21. The van der Waals surface area contributed by atoms with Gasteiger partial charge in [0, 0.05) is 34.3 Å². The van der Waals surface area contributed by atoms with E-state index in [0.29, 0.717) is 6.54 Å². The predicted molar refractivity (Wildman–Crippen MR) is 104 cm³/mol. The molecular weight excluding hydrogens is 395 g/mol. The molecule has 0 aliphatic heterocycles. The molecule has 0 N–H and O–H groups in total. The van der Waals surface area contributed by atoms with Crippen molar-refractivity contribution in [2.75, 3.05) is 0 Å². The summed E-state index contributed by atoms with van der Waals surface area (Å²) in [6, 6.07) is 10.5. The number of aromatic nitrogens is 4. The van der Waals surface area contributed by atoms with Gasteiger partial charge in [-0.25, -0.2) is 14.4 Å². The molecule has 0 unspecified atom stereocenters. The Balaban J connectivity index is 1.77. The Morgan fingerprint density at radius 3 is 2.88 bits per heavy atom. The number of benzene rings is 1. The van der Waals surface area contributed by atoms with E-state index < -0.39 is 0 Å². The summed E-state index contributed by atoms with van der Waals surface area (Å²) in [5.74, 6) is 0.478. The summed E-state index contributed by atoms with van der Waals surface area (Å²) in [6.07, 6.45) is 7.69. The Kier molecular flexibility index (Phi) is 4.59. The van der Waals surface area contributed by atoms with Gasteiger partial charge in [0.2, 0.25) is 0 Å². The normalized spacial score (nSPS) is 11.3. The number of rotatable bonds is 5. The van der Waals surface area contributed by atoms with Gasteiger partial charge in [-0.05, 0) is 46.6 Å². The second-order valence-corrected chi connectivity index (χ2v) is 7.14. The monoisotopic (exact) mass is 412 g/mol. The smallest absolute Gasteiger partial charge is 0.140 e. The van der Waals surface area contributed by atoms with Gasteiger partial charge in [-0.3, -0.25) is 0 Å². The Labute approximate surface area is 159 Å². The molecule has 26 heavy (non-hydrogen) atoms. The minimum Gasteiger partial charge on any atom is -0.325 e. The molecule has 0 atom stereocenters. The molecule has 0 saturated carbocycles. The van der Waals surface area contributed by atoms with Crippen LogP contribution in [0.15, 0.2) is 59.5 Å². The SMILES string of the molecule is CCCc1c(Cn2ccnc2-c2cccc(F)c2)nc2ccc(Br)cn12. The van der Waals surface area contributed by atoms with Crippen LogP contribution in [-0.2, 0) is 13.0 Å². The molecule has 0 radical (unpaired) electrons. The van der Waals surface area contributed by atoms with Crippen molar-refractivity contribution in [3.05, 3.63) is 76.7 Å². The molecule has 4 aromatic rings. The Morgan fingerprint density at radius 1 is 1.19 bits per heavy atom. The molecule has 4 rings (SSSR count). The fourth-order valence-corrected chi connectivity index (χ4v) is 3.57. The van der Waals surface area contributed by atoms with Crippen LogP contribution in [-0.4, -0.2) is 18.9 Å². The maximum atomic E-state index is 13.6. The molecule has 0 bridgehead atoms. The number of pyridine rings is 1. The van der Waals surface area contributed by atoms with Crippen molar-refractivity contribution < 1.29 is 4.39 Å². The van der Waals surface area contributed by atoms with E-state index in [1.807, 2.05) is 29.0 Å². The van der Waals surface area contributed by atoms with Crippen molar-refractivity contribution in [1.82, 2.24) is 18.9 Å². The molecule has 3 heterocycles. The summed E-state index contributed by atoms with van der Waals surface area (Å²) in [5.41, 5.74) is 3.90. The molecule has 1 aromatic carbocycles. The zero-order valence-corrected chi connectivity index (χ0v) is 15.9. The first-order chi connectivity index (χ1) is 12.7. The van der Waals surface area contributed by atoms with Gasteiger partial charge in [-0.1, -0.05) is 25.5 Å². The van der Waals surface area contributed by atoms with E-state index in [1.165, 1.54) is 17.8 Å². The highest BCUT2D eigenvalue weighted by Gasteiger charge is 2.15. The molecule has 0 spiro atoms. The van der Waals surface area contributed by atoms with Gasteiger partial charge in [-0.2, -0.15) is 0 Å². The number of hydrogen-bond donors (Lipinski definition) is 0. The first-order valence-corrected chi connectivity index (χ1v) is 9.37. The first-order valence-electron chi connectivity index (χ1n) is 8.58. The zero-order valence-electron chi connectivity index (χ0n) is 14.4. The Morgan fingerprint density at radius 2 is 2.08 bits per heavy atom. The van der Waals surface area contributed by atoms with Crippen LogP contribution in [0.5, 0.6) is 0 Å². The second-order valence-electron chi connectivity index (χ2n) is 6.22. The lowest BCUT2D eigenvalue weighted by Crippen LogP contribution is -2.05. The summed E-state index contributed by atoms with van der Waals surface area (Å²) >= 11 is 3.54. The van der Waals surface area contributed by atoms with Crippen molar-refractivity contribution in [3.63, 3.8) is 0 Å². The van der Waals surface area contributed by atoms with E-state index in [2.05, 4.69) is 38.4 Å². The summed E-state index contributed by atoms with van der Waals surface area (Å²) in [5, 5.41) is 0. The van der Waals surface area contributed by atoms with Crippen LogP contribution in [0.1, 0.15) is 24.7 Å². The number of fused-ring (bicyclic) bond motifs is 1. The molecular formula is C20H18BrFN4. The Hall–Kier alpha value is -2.47. The van der Waals surface area contributed by atoms with Crippen molar-refractivity contribution in [2.45, 2.75) is 26.3 Å². The van der Waals surface area contributed by atoms with Crippen molar-refractivity contribution in [2.24, 2.45) is 0 Å². The summed E-state index contributed by atoms with van der Waals surface area (Å²) in [6.45, 7) is 2.76. The molecule has 0 aliphatic carbocycles. The van der Waals surface area contributed by atoms with Crippen LogP contribution < -0.4 is 0 Å². The number of nitrogens with zero attached hydrogens (tertiary/aromatic N) is 4. The van der Waals surface area contributed by atoms with Crippen LogP contribution in [0, 0.1) is 5.82 Å². The number of aryl methyl sites for hydroxylation is 1. The van der Waals surface area contributed by atoms with Gasteiger partial charge in [0.15, 0.2) is 0 Å². The van der Waals surface area contributed by atoms with Gasteiger partial charge in [0.05, 0.1) is 12.2 Å². The third-order valence-corrected chi connectivity index (χ3v) is 4.84. The number of imidazole rings is 2. The molecule has 3 aromatic heterocycles. The van der Waals surface area contributed by atoms with Crippen LogP contribution in [0.3, 0.4) is 0 Å². The Bertz CT molecular complexity index is 1070. The van der Waals surface area contributed by atoms with E-state index in [4.69, 9.17) is 4.98 Å². The lowest BCUT2D eigenvalue weighted by Gasteiger charge is -2.09. The van der Waals surface area contributed by atoms with Gasteiger partial charge in [0.25, 0.3) is 0 Å². The van der Waals surface area contributed by atoms with E-state index in [0.717, 1.165) is 40.0 Å². The van der Waals surface area contributed by atoms with Crippen molar-refractivity contribution in [1.29, 1.82) is 0 Å². The molecule has 0 aliphatic rings. The molecule has 6 heteroatoms. The van der Waals surface area contributed by atoms with E-state index in [-0.39, 0.29) is 5.82 Å². The van der Waals surface area contributed by atoms with Gasteiger partial charge < -0.3 is 8.97 Å². The zero-order chi connectivity index (χ0) is 18.1. The summed E-state index contributed by atoms with van der Waals surface area (Å²) in [4.78, 5) is 9.24. The standard InChI is InChI=1S/C20H18BrFN4/c1-2-4-18-17(24-19-8-7-15(21)12-26(18)19)13-25-10-9-23-20(25)14-5-3-6-16(22)11-14/h3,5-12H,2,4,13H2,1H3. The highest BCUT2D eigenvalue weighted by Crippen LogP contribution is 2.23. The molecule has 4 nitrogen and oxygen atoms in total. The lowest BCUT2D eigenvalue weighted by molar-refractivity contribution is 0.628. The predicted octanol–water partition coefficient (Wildman–Crippen LogP) is 5.10. The fraction of sp³-hybridized carbons (Fsp3) is 0.200.